The molecule has 1 N–H and O–H groups in total. The highest BCUT2D eigenvalue weighted by molar-refractivity contribution is 7.99. The SMILES string of the molecule is CSC1N=CNC(=O)C1C#N. The van der Waals surface area contributed by atoms with Crippen LogP contribution in [-0.2, 0) is 4.79 Å². The predicted octanol–water partition coefficient (Wildman–Crippen LogP) is -0.0266. The molecule has 1 aliphatic rings. The molecule has 0 aromatic carbocycles. The van der Waals surface area contributed by atoms with Crippen molar-refractivity contribution >= 4 is 24.0 Å². The molecule has 0 saturated carbocycles. The van der Waals surface area contributed by atoms with Crippen LogP contribution in [0.5, 0.6) is 0 Å². The molecule has 4 nitrogen and oxygen atoms in total. The maximum atomic E-state index is 11.0. The minimum Gasteiger partial charge on any atom is -0.316 e. The molecule has 11 heavy (non-hydrogen) atoms. The molecule has 0 radical (unpaired) electrons. The zero-order valence-electron chi connectivity index (χ0n) is 5.94. The van der Waals surface area contributed by atoms with Crippen LogP contribution in [0.3, 0.4) is 0 Å². The number of rotatable bonds is 1. The smallest absolute Gasteiger partial charge is 0.245 e. The maximum absolute atomic E-state index is 11.0. The first-order valence-corrected chi connectivity index (χ1v) is 4.33. The van der Waals surface area contributed by atoms with Gasteiger partial charge in [0.2, 0.25) is 5.91 Å². The Kier molecular flexibility index (Phi) is 2.49. The topological polar surface area (TPSA) is 65.2 Å². The fraction of sp³-hybridized carbons (Fsp3) is 0.500. The average molecular weight is 169 g/mol. The van der Waals surface area contributed by atoms with Crippen molar-refractivity contribution < 1.29 is 4.79 Å². The van der Waals surface area contributed by atoms with Gasteiger partial charge in [0.1, 0.15) is 5.37 Å². The Morgan fingerprint density at radius 2 is 2.64 bits per heavy atom. The first-order valence-electron chi connectivity index (χ1n) is 3.04. The summed E-state index contributed by atoms with van der Waals surface area (Å²) in [6.45, 7) is 0. The molecule has 5 heteroatoms. The van der Waals surface area contributed by atoms with E-state index >= 15 is 0 Å². The second-order valence-electron chi connectivity index (χ2n) is 2.02. The van der Waals surface area contributed by atoms with Gasteiger partial charge in [-0.3, -0.25) is 9.79 Å². The molecule has 2 atom stereocenters. The molecule has 0 aliphatic carbocycles. The number of carbonyl (C=O) groups excluding carboxylic acids is 1. The quantitative estimate of drug-likeness (QED) is 0.599. The first kappa shape index (κ1) is 8.08. The molecule has 58 valence electrons. The van der Waals surface area contributed by atoms with Gasteiger partial charge >= 0.3 is 0 Å². The summed E-state index contributed by atoms with van der Waals surface area (Å²) >= 11 is 1.40. The van der Waals surface area contributed by atoms with Crippen LogP contribution in [-0.4, -0.2) is 23.9 Å². The number of nitrogens with zero attached hydrogens (tertiary/aromatic N) is 2. The second-order valence-corrected chi connectivity index (χ2v) is 2.97. The van der Waals surface area contributed by atoms with Gasteiger partial charge in [-0.15, -0.1) is 11.8 Å². The molecule has 1 aliphatic heterocycles. The van der Waals surface area contributed by atoms with Gasteiger partial charge in [-0.2, -0.15) is 5.26 Å². The third kappa shape index (κ3) is 1.52. The van der Waals surface area contributed by atoms with Crippen molar-refractivity contribution in [3.05, 3.63) is 0 Å². The Labute approximate surface area is 68.7 Å². The number of carbonyl (C=O) groups is 1. The molecular weight excluding hydrogens is 162 g/mol. The van der Waals surface area contributed by atoms with Gasteiger partial charge in [-0.1, -0.05) is 0 Å². The van der Waals surface area contributed by atoms with Crippen LogP contribution in [0.2, 0.25) is 0 Å². The number of hydrogen-bond donors (Lipinski definition) is 1. The number of nitriles is 1. The Hall–Kier alpha value is -1.02. The second kappa shape index (κ2) is 3.39. The Bertz CT molecular complexity index is 232. The average Bonchev–Trinajstić information content (AvgIpc) is 2.04. The molecule has 0 bridgehead atoms. The van der Waals surface area contributed by atoms with Gasteiger partial charge in [0.25, 0.3) is 0 Å². The number of hydrogen-bond acceptors (Lipinski definition) is 4. The molecule has 0 spiro atoms. The largest absolute Gasteiger partial charge is 0.316 e. The molecule has 0 aromatic rings. The van der Waals surface area contributed by atoms with Gasteiger partial charge < -0.3 is 5.32 Å². The zero-order chi connectivity index (χ0) is 8.27. The highest BCUT2D eigenvalue weighted by atomic mass is 32.2. The van der Waals surface area contributed by atoms with Crippen LogP contribution in [0.15, 0.2) is 4.99 Å². The van der Waals surface area contributed by atoms with Crippen LogP contribution in [0, 0.1) is 17.2 Å². The third-order valence-electron chi connectivity index (χ3n) is 1.38. The third-order valence-corrected chi connectivity index (χ3v) is 2.25. The lowest BCUT2D eigenvalue weighted by Crippen LogP contribution is -2.38. The van der Waals surface area contributed by atoms with E-state index in [0.717, 1.165) is 0 Å². The molecule has 1 amide bonds. The van der Waals surface area contributed by atoms with E-state index in [0.29, 0.717) is 0 Å². The Morgan fingerprint density at radius 1 is 1.91 bits per heavy atom. The summed E-state index contributed by atoms with van der Waals surface area (Å²) in [5, 5.41) is 10.7. The van der Waals surface area contributed by atoms with Gasteiger partial charge in [0, 0.05) is 0 Å². The molecule has 1 heterocycles. The summed E-state index contributed by atoms with van der Waals surface area (Å²) in [5.41, 5.74) is 0. The van der Waals surface area contributed by atoms with Crippen molar-refractivity contribution in [2.45, 2.75) is 5.37 Å². The van der Waals surface area contributed by atoms with E-state index in [-0.39, 0.29) is 11.3 Å². The lowest BCUT2D eigenvalue weighted by Gasteiger charge is -2.18. The van der Waals surface area contributed by atoms with Crippen molar-refractivity contribution in [2.24, 2.45) is 10.9 Å². The van der Waals surface area contributed by atoms with E-state index < -0.39 is 5.92 Å². The van der Waals surface area contributed by atoms with Crippen molar-refractivity contribution in [1.29, 1.82) is 5.26 Å². The van der Waals surface area contributed by atoms with E-state index in [9.17, 15) is 4.79 Å². The molecule has 0 fully saturated rings. The molecule has 1 rings (SSSR count). The lowest BCUT2D eigenvalue weighted by atomic mass is 10.1. The Balaban J connectivity index is 2.79. The highest BCUT2D eigenvalue weighted by Gasteiger charge is 2.29. The first-order chi connectivity index (χ1) is 5.29. The standard InChI is InChI=1S/C6H7N3OS/c1-11-6-4(2-7)5(10)8-3-9-6/h3-4,6H,1H3,(H,8,9,10). The molecule has 0 saturated heterocycles. The fourth-order valence-corrected chi connectivity index (χ4v) is 1.44. The number of nitrogens with one attached hydrogen (secondary N) is 1. The van der Waals surface area contributed by atoms with Crippen LogP contribution >= 0.6 is 11.8 Å². The van der Waals surface area contributed by atoms with Crippen LogP contribution in [0.1, 0.15) is 0 Å². The predicted molar refractivity (Wildman–Crippen MR) is 43.0 cm³/mol. The van der Waals surface area contributed by atoms with Gasteiger partial charge in [0.05, 0.1) is 12.4 Å². The minimum atomic E-state index is -0.644. The lowest BCUT2D eigenvalue weighted by molar-refractivity contribution is -0.122. The van der Waals surface area contributed by atoms with Gasteiger partial charge in [0.15, 0.2) is 5.92 Å². The zero-order valence-corrected chi connectivity index (χ0v) is 6.76. The summed E-state index contributed by atoms with van der Waals surface area (Å²) in [6.07, 6.45) is 3.17. The molecule has 0 aromatic heterocycles. The summed E-state index contributed by atoms with van der Waals surface area (Å²) in [5.74, 6) is -0.906. The minimum absolute atomic E-state index is 0.242. The summed E-state index contributed by atoms with van der Waals surface area (Å²) < 4.78 is 0. The summed E-state index contributed by atoms with van der Waals surface area (Å²) in [6, 6.07) is 1.91. The van der Waals surface area contributed by atoms with E-state index in [1.54, 1.807) is 0 Å². The van der Waals surface area contributed by atoms with Crippen LogP contribution in [0.4, 0.5) is 0 Å². The fourth-order valence-electron chi connectivity index (χ4n) is 0.799. The number of aliphatic imine (C=N–C) groups is 1. The summed E-state index contributed by atoms with van der Waals surface area (Å²) in [7, 11) is 0. The van der Waals surface area contributed by atoms with Gasteiger partial charge in [-0.25, -0.2) is 0 Å². The van der Waals surface area contributed by atoms with Crippen molar-refractivity contribution in [1.82, 2.24) is 5.32 Å². The Morgan fingerprint density at radius 3 is 3.09 bits per heavy atom. The normalized spacial score (nSPS) is 29.3. The molecular formula is C6H7N3OS. The van der Waals surface area contributed by atoms with Crippen molar-refractivity contribution in [3.63, 3.8) is 0 Å². The van der Waals surface area contributed by atoms with E-state index in [4.69, 9.17) is 5.26 Å². The highest BCUT2D eigenvalue weighted by Crippen LogP contribution is 2.19. The number of thioether (sulfide) groups is 1. The summed E-state index contributed by atoms with van der Waals surface area (Å²) in [4.78, 5) is 14.9. The number of amides is 1. The van der Waals surface area contributed by atoms with Gasteiger partial charge in [-0.05, 0) is 6.26 Å². The van der Waals surface area contributed by atoms with Crippen molar-refractivity contribution in [2.75, 3.05) is 6.26 Å². The maximum Gasteiger partial charge on any atom is 0.245 e. The van der Waals surface area contributed by atoms with Crippen LogP contribution in [0.25, 0.3) is 0 Å². The monoisotopic (exact) mass is 169 g/mol. The van der Waals surface area contributed by atoms with E-state index in [1.807, 2.05) is 12.3 Å². The van der Waals surface area contributed by atoms with E-state index in [2.05, 4.69) is 10.3 Å². The molecule has 2 unspecified atom stereocenters. The van der Waals surface area contributed by atoms with Crippen molar-refractivity contribution in [3.8, 4) is 6.07 Å². The van der Waals surface area contributed by atoms with Crippen LogP contribution < -0.4 is 5.32 Å². The van der Waals surface area contributed by atoms with E-state index in [1.165, 1.54) is 18.1 Å².